The number of hydrogen-bond donors (Lipinski definition) is 1. The summed E-state index contributed by atoms with van der Waals surface area (Å²) in [6.07, 6.45) is 0. The normalized spacial score (nSPS) is 12.6. The molecule has 4 aromatic heterocycles. The Morgan fingerprint density at radius 1 is 0.463 bits per heavy atom. The van der Waals surface area contributed by atoms with Gasteiger partial charge in [-0.3, -0.25) is 0 Å². The molecule has 0 spiro atoms. The predicted molar refractivity (Wildman–Crippen MR) is 234 cm³/mol. The molecular weight excluding hydrogens is 675 g/mol. The van der Waals surface area contributed by atoms with Gasteiger partial charge in [-0.2, -0.15) is 0 Å². The van der Waals surface area contributed by atoms with Crippen molar-refractivity contribution in [2.45, 2.75) is 52.4 Å². The highest BCUT2D eigenvalue weighted by atomic mass is 32.1. The van der Waals surface area contributed by atoms with E-state index in [9.17, 15) is 0 Å². The highest BCUT2D eigenvalue weighted by Gasteiger charge is 2.22. The van der Waals surface area contributed by atoms with Crippen molar-refractivity contribution in [3.63, 3.8) is 0 Å². The number of rotatable bonds is 2. The molecule has 10 rings (SSSR count). The van der Waals surface area contributed by atoms with E-state index in [4.69, 9.17) is 9.97 Å². The first-order valence-corrected chi connectivity index (χ1v) is 19.6. The standard InChI is InChI=1S/C50H41N3S/c1-49(2,3)32-23-39-31-18-13-19-34(22-31)54-44-28-38(30-16-11-8-12-17-30)36-21-20-35-37(29-14-9-7-10-15-29)27-43(51-47(35)48(36)52-44)42-26-33(50(4,5)6)25-41-40(24-32)45(39)53-46(41)42/h7-28,53H,1-6H3. The number of nitrogens with zero attached hydrogens (tertiary/aromatic N) is 2. The molecule has 0 aliphatic carbocycles. The monoisotopic (exact) mass is 715 g/mol. The minimum Gasteiger partial charge on any atom is -0.353 e. The quantitative estimate of drug-likeness (QED) is 0.181. The fraction of sp³-hybridized carbons (Fsp3) is 0.160. The Hall–Kier alpha value is -5.84. The van der Waals surface area contributed by atoms with E-state index in [-0.39, 0.29) is 10.8 Å². The van der Waals surface area contributed by atoms with Crippen LogP contribution in [0, 0.1) is 0 Å². The number of aromatic amines is 1. The third kappa shape index (κ3) is 5.31. The molecular formula is C50H41N3S. The first-order chi connectivity index (χ1) is 26.0. The van der Waals surface area contributed by atoms with E-state index in [0.717, 1.165) is 75.5 Å². The van der Waals surface area contributed by atoms with E-state index in [1.165, 1.54) is 32.7 Å². The van der Waals surface area contributed by atoms with Gasteiger partial charge in [0.15, 0.2) is 0 Å². The molecule has 0 aliphatic rings. The van der Waals surface area contributed by atoms with Crippen molar-refractivity contribution in [1.29, 1.82) is 0 Å². The first kappa shape index (κ1) is 32.8. The van der Waals surface area contributed by atoms with Crippen LogP contribution in [-0.2, 0) is 10.8 Å². The van der Waals surface area contributed by atoms with Gasteiger partial charge in [-0.1, -0.05) is 126 Å². The van der Waals surface area contributed by atoms with Crippen molar-refractivity contribution in [1.82, 2.24) is 15.0 Å². The van der Waals surface area contributed by atoms with Crippen LogP contribution in [0.2, 0.25) is 0 Å². The van der Waals surface area contributed by atoms with Crippen molar-refractivity contribution in [2.75, 3.05) is 0 Å². The number of fused-ring (bicyclic) bond motifs is 7. The molecule has 8 bridgehead atoms. The lowest BCUT2D eigenvalue weighted by Gasteiger charge is -2.21. The smallest absolute Gasteiger partial charge is 0.117 e. The molecule has 6 aromatic carbocycles. The molecule has 262 valence electrons. The average Bonchev–Trinajstić information content (AvgIpc) is 3.55. The topological polar surface area (TPSA) is 41.6 Å². The summed E-state index contributed by atoms with van der Waals surface area (Å²) in [7, 11) is 0. The van der Waals surface area contributed by atoms with E-state index in [0.29, 0.717) is 0 Å². The SMILES string of the molecule is CC(C)(C)c1cc2c3cccc(c3)sc3cc(-c4ccccc4)c4ccc5c(-c6ccccc6)cc(nc5c4n3)c3cc(C(C)(C)C)cc4c(c1)c2[nH]c34. The summed E-state index contributed by atoms with van der Waals surface area (Å²) in [5.41, 5.74) is 12.1. The summed E-state index contributed by atoms with van der Waals surface area (Å²) < 4.78 is 1.15. The van der Waals surface area contributed by atoms with E-state index >= 15 is 0 Å². The summed E-state index contributed by atoms with van der Waals surface area (Å²) in [6.45, 7) is 13.9. The molecule has 0 radical (unpaired) electrons. The van der Waals surface area contributed by atoms with Gasteiger partial charge >= 0.3 is 0 Å². The minimum absolute atomic E-state index is 0.0434. The molecule has 54 heavy (non-hydrogen) atoms. The third-order valence-corrected chi connectivity index (χ3v) is 12.0. The Morgan fingerprint density at radius 2 is 1.00 bits per heavy atom. The number of nitrogens with one attached hydrogen (secondary N) is 1. The number of benzene rings is 6. The van der Waals surface area contributed by atoms with Gasteiger partial charge in [-0.15, -0.1) is 11.3 Å². The van der Waals surface area contributed by atoms with Crippen LogP contribution in [-0.4, -0.2) is 15.0 Å². The van der Waals surface area contributed by atoms with Crippen molar-refractivity contribution in [3.05, 3.63) is 145 Å². The largest absolute Gasteiger partial charge is 0.353 e. The van der Waals surface area contributed by atoms with Crippen LogP contribution in [0.15, 0.2) is 133 Å². The predicted octanol–water partition coefficient (Wildman–Crippen LogP) is 14.4. The second-order valence-electron chi connectivity index (χ2n) is 16.8. The molecule has 10 aromatic rings. The van der Waals surface area contributed by atoms with Crippen molar-refractivity contribution >= 4 is 86.2 Å². The summed E-state index contributed by atoms with van der Waals surface area (Å²) in [5, 5.41) is 8.16. The Morgan fingerprint density at radius 3 is 1.61 bits per heavy atom. The van der Waals surface area contributed by atoms with Gasteiger partial charge < -0.3 is 4.98 Å². The summed E-state index contributed by atoms with van der Waals surface area (Å²) in [6, 6.07) is 49.1. The number of aromatic nitrogens is 3. The van der Waals surface area contributed by atoms with E-state index in [2.05, 4.69) is 180 Å². The molecule has 4 heterocycles. The molecule has 0 aliphatic heterocycles. The molecule has 1 N–H and O–H groups in total. The second-order valence-corrected chi connectivity index (χ2v) is 17.9. The maximum atomic E-state index is 5.67. The fourth-order valence-electron chi connectivity index (χ4n) is 8.10. The van der Waals surface area contributed by atoms with Crippen molar-refractivity contribution in [2.24, 2.45) is 0 Å². The van der Waals surface area contributed by atoms with Gasteiger partial charge in [0.1, 0.15) is 4.83 Å². The molecule has 0 amide bonds. The van der Waals surface area contributed by atoms with Crippen LogP contribution < -0.4 is 0 Å². The maximum Gasteiger partial charge on any atom is 0.117 e. The van der Waals surface area contributed by atoms with Crippen molar-refractivity contribution < 1.29 is 0 Å². The van der Waals surface area contributed by atoms with Gasteiger partial charge in [0.2, 0.25) is 0 Å². The van der Waals surface area contributed by atoms with Gasteiger partial charge in [0, 0.05) is 37.0 Å². The maximum absolute atomic E-state index is 5.67. The van der Waals surface area contributed by atoms with Gasteiger partial charge in [-0.25, -0.2) is 9.97 Å². The van der Waals surface area contributed by atoms with Gasteiger partial charge in [-0.05, 0) is 98.1 Å². The van der Waals surface area contributed by atoms with Crippen molar-refractivity contribution in [3.8, 4) is 22.3 Å². The summed E-state index contributed by atoms with van der Waals surface area (Å²) >= 11 is 1.72. The highest BCUT2D eigenvalue weighted by Crippen LogP contribution is 2.42. The van der Waals surface area contributed by atoms with Crippen LogP contribution in [0.25, 0.3) is 97.1 Å². The summed E-state index contributed by atoms with van der Waals surface area (Å²) in [4.78, 5) is 16.1. The Labute approximate surface area is 319 Å². The first-order valence-electron chi connectivity index (χ1n) is 18.8. The zero-order valence-corrected chi connectivity index (χ0v) is 32.3. The number of H-pyrrole nitrogens is 1. The Kier molecular flexibility index (Phi) is 7.18. The molecule has 0 saturated carbocycles. The highest BCUT2D eigenvalue weighted by molar-refractivity contribution is 7.22. The van der Waals surface area contributed by atoms with Crippen LogP contribution in [0.4, 0.5) is 0 Å². The number of hydrogen-bond acceptors (Lipinski definition) is 3. The Bertz CT molecular complexity index is 3160. The number of pyridine rings is 2. The second kappa shape index (κ2) is 11.8. The van der Waals surface area contributed by atoms with Gasteiger partial charge in [0.05, 0.1) is 27.6 Å². The van der Waals surface area contributed by atoms with Gasteiger partial charge in [0.25, 0.3) is 0 Å². The molecule has 0 fully saturated rings. The van der Waals surface area contributed by atoms with Crippen LogP contribution in [0.5, 0.6) is 0 Å². The Balaban J connectivity index is 1.53. The van der Waals surface area contributed by atoms with Crippen LogP contribution >= 0.6 is 11.3 Å². The zero-order chi connectivity index (χ0) is 36.9. The zero-order valence-electron chi connectivity index (χ0n) is 31.5. The molecule has 3 nitrogen and oxygen atoms in total. The third-order valence-electron chi connectivity index (χ3n) is 11.1. The van der Waals surface area contributed by atoms with E-state index in [1.54, 1.807) is 11.3 Å². The lowest BCUT2D eigenvalue weighted by molar-refractivity contribution is 0.591. The fourth-order valence-corrected chi connectivity index (χ4v) is 8.99. The summed E-state index contributed by atoms with van der Waals surface area (Å²) in [5.74, 6) is 0. The van der Waals surface area contributed by atoms with E-state index < -0.39 is 0 Å². The lowest BCUT2D eigenvalue weighted by Crippen LogP contribution is -2.11. The average molecular weight is 716 g/mol. The molecule has 0 atom stereocenters. The van der Waals surface area contributed by atoms with E-state index in [1.807, 2.05) is 0 Å². The minimum atomic E-state index is -0.0871. The molecule has 0 saturated heterocycles. The van der Waals surface area contributed by atoms with Crippen LogP contribution in [0.3, 0.4) is 0 Å². The molecule has 4 heteroatoms. The molecule has 0 unspecified atom stereocenters. The van der Waals surface area contributed by atoms with Crippen LogP contribution in [0.1, 0.15) is 52.7 Å². The lowest BCUT2D eigenvalue weighted by atomic mass is 9.83.